The van der Waals surface area contributed by atoms with Gasteiger partial charge in [-0.15, -0.1) is 0 Å². The van der Waals surface area contributed by atoms with Crippen LogP contribution >= 0.6 is 0 Å². The largest absolute Gasteiger partial charge is 0.462 e. The minimum atomic E-state index is -0.903. The number of rotatable bonds is 33. The molecule has 1 N–H and O–H groups in total. The lowest BCUT2D eigenvalue weighted by Crippen LogP contribution is -2.66. The summed E-state index contributed by atoms with van der Waals surface area (Å²) in [5.41, 5.74) is 5.33. The second-order valence-corrected chi connectivity index (χ2v) is 19.2. The van der Waals surface area contributed by atoms with Crippen molar-refractivity contribution in [3.05, 3.63) is 70.8 Å². The van der Waals surface area contributed by atoms with Crippen LogP contribution in [0.3, 0.4) is 0 Å². The van der Waals surface area contributed by atoms with Crippen molar-refractivity contribution in [2.75, 3.05) is 13.2 Å². The van der Waals surface area contributed by atoms with E-state index < -0.39 is 36.2 Å². The van der Waals surface area contributed by atoms with Gasteiger partial charge in [-0.05, 0) is 113 Å². The first-order valence-electron chi connectivity index (χ1n) is 25.9. The maximum Gasteiger partial charge on any atom is 0.306 e. The fraction of sp³-hybridized carbons (Fsp3) is 0.727. The Morgan fingerprint density at radius 3 is 1.58 bits per heavy atom. The third-order valence-corrected chi connectivity index (χ3v) is 12.9. The SMILES string of the molecule is CCCCCCCCCCCC(CC(=O)N[C@H]1CO[C@@H]2COC(C)(C)O[C@H]2[C@@H]1OC(=O)CCCCc1ccc(CCCCC)cc1)OC(=O)CCCCc1ccc(CCCCC)cc1. The van der Waals surface area contributed by atoms with Crippen LogP contribution in [0.1, 0.15) is 205 Å². The minimum absolute atomic E-state index is 0.0355. The van der Waals surface area contributed by atoms with Gasteiger partial charge in [0.15, 0.2) is 11.9 Å². The van der Waals surface area contributed by atoms with Gasteiger partial charge in [0, 0.05) is 12.8 Å². The molecule has 2 aromatic rings. The number of fused-ring (bicyclic) bond motifs is 1. The summed E-state index contributed by atoms with van der Waals surface area (Å²) in [6.45, 7) is 10.8. The van der Waals surface area contributed by atoms with Gasteiger partial charge in [0.25, 0.3) is 0 Å². The summed E-state index contributed by atoms with van der Waals surface area (Å²) in [7, 11) is 0. The first-order valence-corrected chi connectivity index (χ1v) is 25.9. The topological polar surface area (TPSA) is 109 Å². The monoisotopic (exact) mass is 890 g/mol. The number of amides is 1. The zero-order valence-electron chi connectivity index (χ0n) is 40.8. The molecule has 2 aliphatic heterocycles. The second-order valence-electron chi connectivity index (χ2n) is 19.2. The second kappa shape index (κ2) is 30.8. The summed E-state index contributed by atoms with van der Waals surface area (Å²) in [5, 5.41) is 3.12. The Labute approximate surface area is 388 Å². The van der Waals surface area contributed by atoms with Crippen molar-refractivity contribution in [2.24, 2.45) is 0 Å². The van der Waals surface area contributed by atoms with Gasteiger partial charge in [0.05, 0.1) is 25.7 Å². The maximum atomic E-state index is 13.9. The van der Waals surface area contributed by atoms with Crippen molar-refractivity contribution < 1.29 is 38.1 Å². The van der Waals surface area contributed by atoms with Crippen LogP contribution in [0.5, 0.6) is 0 Å². The Kier molecular flexibility index (Phi) is 25.7. The fourth-order valence-electron chi connectivity index (χ4n) is 8.97. The predicted octanol–water partition coefficient (Wildman–Crippen LogP) is 12.4. The van der Waals surface area contributed by atoms with Crippen LogP contribution in [-0.2, 0) is 63.8 Å². The van der Waals surface area contributed by atoms with Gasteiger partial charge in [0.2, 0.25) is 5.91 Å². The highest BCUT2D eigenvalue weighted by atomic mass is 16.7. The average Bonchev–Trinajstić information content (AvgIpc) is 3.27. The summed E-state index contributed by atoms with van der Waals surface area (Å²) in [6, 6.07) is 17.1. The molecule has 0 spiro atoms. The van der Waals surface area contributed by atoms with Crippen molar-refractivity contribution in [1.82, 2.24) is 5.32 Å². The normalized spacial score (nSPS) is 19.7. The van der Waals surface area contributed by atoms with E-state index in [2.05, 4.69) is 74.6 Å². The van der Waals surface area contributed by atoms with Gasteiger partial charge in [-0.2, -0.15) is 0 Å². The van der Waals surface area contributed by atoms with E-state index in [1.165, 1.54) is 99.3 Å². The molecular formula is C55H87NO8. The summed E-state index contributed by atoms with van der Waals surface area (Å²) < 4.78 is 30.6. The zero-order valence-corrected chi connectivity index (χ0v) is 40.8. The number of ether oxygens (including phenoxy) is 5. The first kappa shape index (κ1) is 53.3. The zero-order chi connectivity index (χ0) is 45.8. The number of carbonyl (C=O) groups excluding carboxylic acids is 3. The lowest BCUT2D eigenvalue weighted by atomic mass is 9.95. The van der Waals surface area contributed by atoms with Crippen LogP contribution in [0.2, 0.25) is 0 Å². The molecule has 0 radical (unpaired) electrons. The summed E-state index contributed by atoms with van der Waals surface area (Å²) in [5.74, 6) is -1.74. The average molecular weight is 890 g/mol. The molecule has 1 amide bonds. The van der Waals surface area contributed by atoms with Crippen molar-refractivity contribution in [1.29, 1.82) is 0 Å². The van der Waals surface area contributed by atoms with Crippen LogP contribution < -0.4 is 5.32 Å². The highest BCUT2D eigenvalue weighted by Gasteiger charge is 2.50. The predicted molar refractivity (Wildman–Crippen MR) is 257 cm³/mol. The van der Waals surface area contributed by atoms with Crippen molar-refractivity contribution >= 4 is 17.8 Å². The van der Waals surface area contributed by atoms with Crippen LogP contribution in [0.15, 0.2) is 48.5 Å². The van der Waals surface area contributed by atoms with Crippen molar-refractivity contribution in [2.45, 2.75) is 244 Å². The molecule has 2 fully saturated rings. The number of nitrogens with one attached hydrogen (secondary N) is 1. The minimum Gasteiger partial charge on any atom is -0.462 e. The maximum absolute atomic E-state index is 13.9. The van der Waals surface area contributed by atoms with Crippen molar-refractivity contribution in [3.8, 4) is 0 Å². The van der Waals surface area contributed by atoms with E-state index in [1.54, 1.807) is 0 Å². The Balaban J connectivity index is 1.29. The molecule has 64 heavy (non-hydrogen) atoms. The van der Waals surface area contributed by atoms with Gasteiger partial charge in [0.1, 0.15) is 18.3 Å². The quantitative estimate of drug-likeness (QED) is 0.0557. The Hall–Kier alpha value is -3.27. The molecule has 9 heteroatoms. The molecule has 2 aromatic carbocycles. The van der Waals surface area contributed by atoms with E-state index >= 15 is 0 Å². The van der Waals surface area contributed by atoms with E-state index in [1.807, 2.05) is 13.8 Å². The lowest BCUT2D eigenvalue weighted by molar-refractivity contribution is -0.339. The number of aryl methyl sites for hydroxylation is 4. The molecule has 9 nitrogen and oxygen atoms in total. The van der Waals surface area contributed by atoms with E-state index in [9.17, 15) is 14.4 Å². The van der Waals surface area contributed by atoms with Crippen LogP contribution in [-0.4, -0.2) is 67.3 Å². The van der Waals surface area contributed by atoms with Crippen LogP contribution in [0.25, 0.3) is 0 Å². The third kappa shape index (κ3) is 21.4. The molecule has 360 valence electrons. The van der Waals surface area contributed by atoms with Gasteiger partial charge in [-0.25, -0.2) is 0 Å². The summed E-state index contributed by atoms with van der Waals surface area (Å²) in [6.07, 6.45) is 24.2. The van der Waals surface area contributed by atoms with Crippen LogP contribution in [0, 0.1) is 0 Å². The Bertz CT molecular complexity index is 1580. The molecule has 0 aromatic heterocycles. The third-order valence-electron chi connectivity index (χ3n) is 12.9. The molecule has 5 atom stereocenters. The van der Waals surface area contributed by atoms with Crippen LogP contribution in [0.4, 0.5) is 0 Å². The smallest absolute Gasteiger partial charge is 0.306 e. The first-order chi connectivity index (χ1) is 31.1. The molecule has 0 saturated carbocycles. The van der Waals surface area contributed by atoms with E-state index in [-0.39, 0.29) is 37.3 Å². The standard InChI is InChI=1S/C55H87NO8/c1-6-9-12-13-14-15-16-17-20-29-47(62-51(58)30-23-21-27-45-36-32-43(33-37-45)25-18-10-7-2)40-50(57)56-48-41-60-49-42-61-55(4,5)64-54(49)53(48)63-52(59)31-24-22-28-46-38-34-44(35-39-46)26-19-11-8-3/h32-39,47-49,53-54H,6-31,40-42H2,1-5H3,(H,56,57)/t47?,48-,49+,53+,54+/m0/s1. The molecule has 0 bridgehead atoms. The van der Waals surface area contributed by atoms with Gasteiger partial charge >= 0.3 is 11.9 Å². The van der Waals surface area contributed by atoms with E-state index in [0.717, 1.165) is 64.2 Å². The lowest BCUT2D eigenvalue weighted by Gasteiger charge is -2.48. The molecule has 2 aliphatic rings. The number of unbranched alkanes of at least 4 members (excludes halogenated alkanes) is 14. The molecule has 4 rings (SSSR count). The van der Waals surface area contributed by atoms with Gasteiger partial charge in [-0.1, -0.05) is 146 Å². The summed E-state index contributed by atoms with van der Waals surface area (Å²) >= 11 is 0. The molecule has 2 heterocycles. The molecule has 1 unspecified atom stereocenters. The Morgan fingerprint density at radius 2 is 1.06 bits per heavy atom. The number of hydrogen-bond donors (Lipinski definition) is 1. The van der Waals surface area contributed by atoms with Gasteiger partial charge < -0.3 is 29.0 Å². The number of hydrogen-bond acceptors (Lipinski definition) is 8. The van der Waals surface area contributed by atoms with E-state index in [0.29, 0.717) is 25.9 Å². The number of benzene rings is 2. The highest BCUT2D eigenvalue weighted by Crippen LogP contribution is 2.32. The summed E-state index contributed by atoms with van der Waals surface area (Å²) in [4.78, 5) is 40.6. The van der Waals surface area contributed by atoms with Crippen molar-refractivity contribution in [3.63, 3.8) is 0 Å². The Morgan fingerprint density at radius 1 is 0.609 bits per heavy atom. The molecule has 0 aliphatic carbocycles. The molecule has 2 saturated heterocycles. The van der Waals surface area contributed by atoms with E-state index in [4.69, 9.17) is 23.7 Å². The highest BCUT2D eigenvalue weighted by molar-refractivity contribution is 5.78. The number of carbonyl (C=O) groups is 3. The van der Waals surface area contributed by atoms with Gasteiger partial charge in [-0.3, -0.25) is 14.4 Å². The fourth-order valence-corrected chi connectivity index (χ4v) is 8.97. The number of esters is 2. The molecular weight excluding hydrogens is 803 g/mol.